The van der Waals surface area contributed by atoms with Crippen molar-refractivity contribution in [3.8, 4) is 0 Å². The number of carbonyl (C=O) groups is 1. The Morgan fingerprint density at radius 1 is 0.893 bits per heavy atom. The lowest BCUT2D eigenvalue weighted by Gasteiger charge is -2.14. The summed E-state index contributed by atoms with van der Waals surface area (Å²) in [6, 6.07) is 13.6. The first kappa shape index (κ1) is 16.9. The molecule has 28 heavy (non-hydrogen) atoms. The monoisotopic (exact) mass is 371 g/mol. The highest BCUT2D eigenvalue weighted by Crippen LogP contribution is 2.28. The maximum absolute atomic E-state index is 13.2. The molecule has 0 aliphatic carbocycles. The predicted molar refractivity (Wildman–Crippen MR) is 110 cm³/mol. The Kier molecular flexibility index (Phi) is 3.86. The van der Waals surface area contributed by atoms with Gasteiger partial charge >= 0.3 is 0 Å². The number of imidazole rings is 1. The van der Waals surface area contributed by atoms with Crippen LogP contribution in [0.1, 0.15) is 35.6 Å². The molecule has 1 aliphatic heterocycles. The van der Waals surface area contributed by atoms with Gasteiger partial charge < -0.3 is 4.57 Å². The van der Waals surface area contributed by atoms with E-state index in [1.54, 1.807) is 4.90 Å². The average molecular weight is 371 g/mol. The van der Waals surface area contributed by atoms with Crippen LogP contribution in [0.5, 0.6) is 0 Å². The molecule has 0 bridgehead atoms. The van der Waals surface area contributed by atoms with Crippen molar-refractivity contribution in [3.05, 3.63) is 59.4 Å². The van der Waals surface area contributed by atoms with Gasteiger partial charge in [-0.1, -0.05) is 26.0 Å². The molecule has 0 saturated heterocycles. The summed E-state index contributed by atoms with van der Waals surface area (Å²) in [5.74, 6) is 0.670. The third-order valence-corrected chi connectivity index (χ3v) is 5.40. The molecule has 0 atom stereocenters. The van der Waals surface area contributed by atoms with Gasteiger partial charge in [-0.2, -0.15) is 0 Å². The molecule has 6 nitrogen and oxygen atoms in total. The van der Waals surface area contributed by atoms with E-state index in [4.69, 9.17) is 9.97 Å². The van der Waals surface area contributed by atoms with Gasteiger partial charge in [-0.05, 0) is 43.2 Å². The molecule has 3 heterocycles. The number of carbonyl (C=O) groups excluding carboxylic acids is 1. The number of amides is 1. The number of hydrogen-bond acceptors (Lipinski definition) is 4. The van der Waals surface area contributed by atoms with E-state index in [1.807, 2.05) is 42.5 Å². The summed E-state index contributed by atoms with van der Waals surface area (Å²) in [7, 11) is 0. The van der Waals surface area contributed by atoms with Crippen molar-refractivity contribution < 1.29 is 4.79 Å². The molecule has 1 amide bonds. The molecule has 0 fully saturated rings. The molecular weight excluding hydrogens is 350 g/mol. The predicted octanol–water partition coefficient (Wildman–Crippen LogP) is 3.76. The molecule has 0 unspecified atom stereocenters. The number of hydrogen-bond donors (Lipinski definition) is 0. The topological polar surface area (TPSA) is 63.9 Å². The summed E-state index contributed by atoms with van der Waals surface area (Å²) >= 11 is 0. The standard InChI is InChI=1S/C22H21N5O/c1-3-15-16(4-2)24-19-13-14(9-10-17(19)23-15)21(28)27-12-11-26-20-8-6-5-7-18(20)25-22(26)27/h5-10,13H,3-4,11-12H2,1-2H3. The van der Waals surface area contributed by atoms with Gasteiger partial charge in [-0.3, -0.25) is 9.69 Å². The number of rotatable bonds is 3. The zero-order valence-electron chi connectivity index (χ0n) is 16.0. The van der Waals surface area contributed by atoms with Crippen LogP contribution in [-0.4, -0.2) is 32.0 Å². The maximum Gasteiger partial charge on any atom is 0.260 e. The van der Waals surface area contributed by atoms with E-state index in [2.05, 4.69) is 23.4 Å². The summed E-state index contributed by atoms with van der Waals surface area (Å²) in [6.07, 6.45) is 1.69. The highest BCUT2D eigenvalue weighted by atomic mass is 16.2. The maximum atomic E-state index is 13.2. The van der Waals surface area contributed by atoms with E-state index in [9.17, 15) is 4.79 Å². The normalized spacial score (nSPS) is 13.4. The van der Waals surface area contributed by atoms with Crippen LogP contribution >= 0.6 is 0 Å². The van der Waals surface area contributed by atoms with Crippen LogP contribution < -0.4 is 4.90 Å². The molecular formula is C22H21N5O. The van der Waals surface area contributed by atoms with Crippen LogP contribution in [0.3, 0.4) is 0 Å². The van der Waals surface area contributed by atoms with Crippen molar-refractivity contribution in [2.75, 3.05) is 11.4 Å². The Morgan fingerprint density at radius 3 is 2.43 bits per heavy atom. The van der Waals surface area contributed by atoms with Crippen LogP contribution in [0.4, 0.5) is 5.95 Å². The summed E-state index contributed by atoms with van der Waals surface area (Å²) in [5.41, 5.74) is 6.24. The smallest absolute Gasteiger partial charge is 0.260 e. The Morgan fingerprint density at radius 2 is 1.64 bits per heavy atom. The summed E-state index contributed by atoms with van der Waals surface area (Å²) < 4.78 is 2.11. The zero-order chi connectivity index (χ0) is 19.3. The van der Waals surface area contributed by atoms with Gasteiger partial charge in [0.25, 0.3) is 5.91 Å². The van der Waals surface area contributed by atoms with Crippen LogP contribution in [0.15, 0.2) is 42.5 Å². The number of fused-ring (bicyclic) bond motifs is 4. The number of para-hydroxylation sites is 2. The largest absolute Gasteiger partial charge is 0.308 e. The highest BCUT2D eigenvalue weighted by Gasteiger charge is 2.29. The molecule has 6 heteroatoms. The Labute approximate surface area is 162 Å². The third-order valence-electron chi connectivity index (χ3n) is 5.40. The minimum absolute atomic E-state index is 0.0460. The summed E-state index contributed by atoms with van der Waals surface area (Å²) in [4.78, 5) is 29.1. The van der Waals surface area contributed by atoms with E-state index in [0.29, 0.717) is 18.1 Å². The van der Waals surface area contributed by atoms with E-state index in [1.165, 1.54) is 0 Å². The molecule has 2 aromatic carbocycles. The van der Waals surface area contributed by atoms with Gasteiger partial charge in [0.05, 0.1) is 33.5 Å². The lowest BCUT2D eigenvalue weighted by Crippen LogP contribution is -2.29. The van der Waals surface area contributed by atoms with E-state index in [-0.39, 0.29) is 5.91 Å². The molecule has 2 aromatic heterocycles. The lowest BCUT2D eigenvalue weighted by molar-refractivity contribution is 0.0989. The zero-order valence-corrected chi connectivity index (χ0v) is 16.0. The molecule has 0 radical (unpaired) electrons. The fourth-order valence-corrected chi connectivity index (χ4v) is 3.96. The molecule has 140 valence electrons. The summed E-state index contributed by atoms with van der Waals surface area (Å²) in [5, 5.41) is 0. The second kappa shape index (κ2) is 6.41. The molecule has 0 N–H and O–H groups in total. The number of aryl methyl sites for hydroxylation is 2. The minimum Gasteiger partial charge on any atom is -0.308 e. The first-order valence-electron chi connectivity index (χ1n) is 9.76. The molecule has 0 saturated carbocycles. The van der Waals surface area contributed by atoms with E-state index < -0.39 is 0 Å². The van der Waals surface area contributed by atoms with Crippen LogP contribution in [-0.2, 0) is 19.4 Å². The van der Waals surface area contributed by atoms with Crippen LogP contribution in [0.25, 0.3) is 22.1 Å². The van der Waals surface area contributed by atoms with Gasteiger partial charge in [0, 0.05) is 18.7 Å². The van der Waals surface area contributed by atoms with Gasteiger partial charge in [0.2, 0.25) is 5.95 Å². The molecule has 4 aromatic rings. The fraction of sp³-hybridized carbons (Fsp3) is 0.273. The molecule has 1 aliphatic rings. The SMILES string of the molecule is CCc1nc2ccc(C(=O)N3CCn4c3nc3ccccc34)cc2nc1CC. The molecule has 0 spiro atoms. The Hall–Kier alpha value is -3.28. The Balaban J connectivity index is 1.55. The van der Waals surface area contributed by atoms with E-state index >= 15 is 0 Å². The minimum atomic E-state index is -0.0460. The van der Waals surface area contributed by atoms with Gasteiger partial charge in [0.15, 0.2) is 0 Å². The first-order valence-corrected chi connectivity index (χ1v) is 9.76. The second-order valence-corrected chi connectivity index (χ2v) is 7.04. The van der Waals surface area contributed by atoms with Crippen LogP contribution in [0.2, 0.25) is 0 Å². The highest BCUT2D eigenvalue weighted by molar-refractivity contribution is 6.07. The Bertz CT molecular complexity index is 1230. The number of aromatic nitrogens is 4. The van der Waals surface area contributed by atoms with Crippen LogP contribution in [0, 0.1) is 0 Å². The molecule has 5 rings (SSSR count). The number of benzene rings is 2. The first-order chi connectivity index (χ1) is 13.7. The van der Waals surface area contributed by atoms with Crippen molar-refractivity contribution in [3.63, 3.8) is 0 Å². The fourth-order valence-electron chi connectivity index (χ4n) is 3.96. The van der Waals surface area contributed by atoms with E-state index in [0.717, 1.165) is 52.8 Å². The van der Waals surface area contributed by atoms with Crippen molar-refractivity contribution >= 4 is 33.9 Å². The van der Waals surface area contributed by atoms with Gasteiger partial charge in [-0.25, -0.2) is 15.0 Å². The number of anilines is 1. The van der Waals surface area contributed by atoms with Crippen molar-refractivity contribution in [1.82, 2.24) is 19.5 Å². The van der Waals surface area contributed by atoms with Crippen molar-refractivity contribution in [1.29, 1.82) is 0 Å². The second-order valence-electron chi connectivity index (χ2n) is 7.04. The van der Waals surface area contributed by atoms with Gasteiger partial charge in [-0.15, -0.1) is 0 Å². The average Bonchev–Trinajstić information content (AvgIpc) is 3.31. The van der Waals surface area contributed by atoms with Gasteiger partial charge in [0.1, 0.15) is 0 Å². The van der Waals surface area contributed by atoms with Crippen molar-refractivity contribution in [2.45, 2.75) is 33.2 Å². The summed E-state index contributed by atoms with van der Waals surface area (Å²) in [6.45, 7) is 5.56. The quantitative estimate of drug-likeness (QED) is 0.550. The third kappa shape index (κ3) is 2.48. The lowest BCUT2D eigenvalue weighted by atomic mass is 10.1. The number of nitrogens with zero attached hydrogens (tertiary/aromatic N) is 5. The van der Waals surface area contributed by atoms with Crippen molar-refractivity contribution in [2.24, 2.45) is 0 Å².